The van der Waals surface area contributed by atoms with Crippen molar-refractivity contribution < 1.29 is 9.84 Å². The molecule has 0 aliphatic carbocycles. The molecule has 0 radical (unpaired) electrons. The highest BCUT2D eigenvalue weighted by Crippen LogP contribution is 2.23. The van der Waals surface area contributed by atoms with Gasteiger partial charge in [-0.3, -0.25) is 4.68 Å². The van der Waals surface area contributed by atoms with Gasteiger partial charge in [-0.25, -0.2) is 4.98 Å². The fourth-order valence-electron chi connectivity index (χ4n) is 1.59. The van der Waals surface area contributed by atoms with Crippen molar-refractivity contribution in [3.8, 4) is 11.5 Å². The quantitative estimate of drug-likeness (QED) is 0.819. The molecule has 0 aliphatic rings. The summed E-state index contributed by atoms with van der Waals surface area (Å²) in [7, 11) is 3.39. The Labute approximate surface area is 105 Å². The summed E-state index contributed by atoms with van der Waals surface area (Å²) in [5.41, 5.74) is 0.812. The van der Waals surface area contributed by atoms with Crippen LogP contribution >= 0.6 is 0 Å². The van der Waals surface area contributed by atoms with Crippen LogP contribution in [0, 0.1) is 0 Å². The molecule has 2 rings (SSSR count). The van der Waals surface area contributed by atoms with Gasteiger partial charge < -0.3 is 15.2 Å². The molecule has 0 saturated carbocycles. The lowest BCUT2D eigenvalue weighted by atomic mass is 10.2. The molecule has 0 bridgehead atoms. The highest BCUT2D eigenvalue weighted by molar-refractivity contribution is 5.39. The van der Waals surface area contributed by atoms with Crippen molar-refractivity contribution >= 4 is 0 Å². The molecule has 6 nitrogen and oxygen atoms in total. The number of phenols is 1. The normalized spacial score (nSPS) is 10.6. The Kier molecular flexibility index (Phi) is 3.78. The van der Waals surface area contributed by atoms with E-state index in [9.17, 15) is 5.11 Å². The van der Waals surface area contributed by atoms with Gasteiger partial charge in [-0.2, -0.15) is 5.10 Å². The molecule has 0 aliphatic heterocycles. The average molecular weight is 248 g/mol. The van der Waals surface area contributed by atoms with Crippen LogP contribution in [-0.2, 0) is 20.1 Å². The van der Waals surface area contributed by atoms with Crippen molar-refractivity contribution in [3.05, 3.63) is 35.9 Å². The first-order valence-corrected chi connectivity index (χ1v) is 5.60. The summed E-state index contributed by atoms with van der Waals surface area (Å²) in [5, 5.41) is 17.1. The molecule has 1 heterocycles. The number of aromatic nitrogens is 3. The van der Waals surface area contributed by atoms with E-state index in [1.807, 2.05) is 19.2 Å². The number of phenolic OH excluding ortho intramolecular Hbond substituents is 1. The van der Waals surface area contributed by atoms with Gasteiger partial charge in [-0.05, 0) is 6.07 Å². The number of benzene rings is 1. The Morgan fingerprint density at radius 1 is 1.39 bits per heavy atom. The Morgan fingerprint density at radius 3 is 2.83 bits per heavy atom. The number of hydrogen-bond donors (Lipinski definition) is 2. The summed E-state index contributed by atoms with van der Waals surface area (Å²) < 4.78 is 6.68. The fraction of sp³-hybridized carbons (Fsp3) is 0.333. The lowest BCUT2D eigenvalue weighted by Gasteiger charge is -2.07. The van der Waals surface area contributed by atoms with Crippen LogP contribution in [0.25, 0.3) is 0 Å². The average Bonchev–Trinajstić information content (AvgIpc) is 2.77. The third kappa shape index (κ3) is 2.98. The van der Waals surface area contributed by atoms with E-state index < -0.39 is 0 Å². The van der Waals surface area contributed by atoms with E-state index in [4.69, 9.17) is 4.74 Å². The van der Waals surface area contributed by atoms with Gasteiger partial charge in [0.05, 0.1) is 13.7 Å². The lowest BCUT2D eigenvalue weighted by Crippen LogP contribution is -2.14. The van der Waals surface area contributed by atoms with Gasteiger partial charge in [0.2, 0.25) is 0 Å². The summed E-state index contributed by atoms with van der Waals surface area (Å²) in [6, 6.07) is 5.23. The van der Waals surface area contributed by atoms with E-state index in [2.05, 4.69) is 15.4 Å². The number of nitrogens with one attached hydrogen (secondary N) is 1. The van der Waals surface area contributed by atoms with Crippen molar-refractivity contribution in [2.45, 2.75) is 13.1 Å². The first kappa shape index (κ1) is 12.4. The summed E-state index contributed by atoms with van der Waals surface area (Å²) in [6.45, 7) is 1.11. The van der Waals surface area contributed by atoms with Gasteiger partial charge in [0.15, 0.2) is 5.82 Å². The molecule has 0 saturated heterocycles. The molecule has 1 aromatic heterocycles. The topological polar surface area (TPSA) is 72.2 Å². The first-order chi connectivity index (χ1) is 8.69. The number of ether oxygens (including phenoxy) is 1. The molecule has 2 aromatic rings. The van der Waals surface area contributed by atoms with E-state index in [1.165, 1.54) is 0 Å². The van der Waals surface area contributed by atoms with Crippen LogP contribution in [0.3, 0.4) is 0 Å². The highest BCUT2D eigenvalue weighted by atomic mass is 16.5. The first-order valence-electron chi connectivity index (χ1n) is 5.60. The van der Waals surface area contributed by atoms with Gasteiger partial charge in [0.25, 0.3) is 0 Å². The molecule has 2 N–H and O–H groups in total. The third-order valence-corrected chi connectivity index (χ3v) is 2.54. The van der Waals surface area contributed by atoms with Crippen molar-refractivity contribution in [1.29, 1.82) is 0 Å². The molecule has 0 unspecified atom stereocenters. The number of hydrogen-bond acceptors (Lipinski definition) is 5. The second kappa shape index (κ2) is 5.50. The van der Waals surface area contributed by atoms with E-state index in [0.29, 0.717) is 18.8 Å². The van der Waals surface area contributed by atoms with Crippen LogP contribution in [0.15, 0.2) is 24.5 Å². The van der Waals surface area contributed by atoms with Crippen LogP contribution in [0.5, 0.6) is 11.5 Å². The molecule has 0 amide bonds. The van der Waals surface area contributed by atoms with Crippen molar-refractivity contribution in [1.82, 2.24) is 20.1 Å². The van der Waals surface area contributed by atoms with Crippen LogP contribution < -0.4 is 10.1 Å². The zero-order chi connectivity index (χ0) is 13.0. The molecule has 6 heteroatoms. The highest BCUT2D eigenvalue weighted by Gasteiger charge is 2.04. The van der Waals surface area contributed by atoms with Crippen LogP contribution in [0.1, 0.15) is 11.4 Å². The molecule has 0 atom stereocenters. The predicted octanol–water partition coefficient (Wildman–Crippen LogP) is 0.819. The monoisotopic (exact) mass is 248 g/mol. The van der Waals surface area contributed by atoms with Gasteiger partial charge >= 0.3 is 0 Å². The van der Waals surface area contributed by atoms with Crippen molar-refractivity contribution in [2.75, 3.05) is 7.11 Å². The fourth-order valence-corrected chi connectivity index (χ4v) is 1.59. The second-order valence-corrected chi connectivity index (χ2v) is 3.93. The number of nitrogens with zero attached hydrogens (tertiary/aromatic N) is 3. The Bertz CT molecular complexity index is 525. The maximum absolute atomic E-state index is 9.77. The molecule has 1 aromatic carbocycles. The summed E-state index contributed by atoms with van der Waals surface area (Å²) in [5.74, 6) is 1.59. The molecular formula is C12H16N4O2. The van der Waals surface area contributed by atoms with E-state index in [1.54, 1.807) is 24.2 Å². The summed E-state index contributed by atoms with van der Waals surface area (Å²) in [4.78, 5) is 4.10. The molecule has 96 valence electrons. The van der Waals surface area contributed by atoms with Gasteiger partial charge in [-0.1, -0.05) is 6.07 Å². The standard InChI is InChI=1S/C12H16N4O2/c1-16-8-14-12(15-16)7-13-6-9-3-4-10(18-2)5-11(9)17/h3-5,8,13,17H,6-7H2,1-2H3. The smallest absolute Gasteiger partial charge is 0.164 e. The molecule has 0 fully saturated rings. The summed E-state index contributed by atoms with van der Waals surface area (Å²) in [6.07, 6.45) is 1.65. The number of methoxy groups -OCH3 is 1. The number of rotatable bonds is 5. The minimum absolute atomic E-state index is 0.218. The Hall–Kier alpha value is -2.08. The number of aromatic hydroxyl groups is 1. The predicted molar refractivity (Wildman–Crippen MR) is 66.2 cm³/mol. The maximum Gasteiger partial charge on any atom is 0.164 e. The Balaban J connectivity index is 1.90. The zero-order valence-corrected chi connectivity index (χ0v) is 10.4. The summed E-state index contributed by atoms with van der Waals surface area (Å²) >= 11 is 0. The van der Waals surface area contributed by atoms with Crippen LogP contribution in [0.2, 0.25) is 0 Å². The van der Waals surface area contributed by atoms with Gasteiger partial charge in [0, 0.05) is 25.2 Å². The molecule has 18 heavy (non-hydrogen) atoms. The largest absolute Gasteiger partial charge is 0.507 e. The zero-order valence-electron chi connectivity index (χ0n) is 10.4. The van der Waals surface area contributed by atoms with Crippen molar-refractivity contribution in [3.63, 3.8) is 0 Å². The van der Waals surface area contributed by atoms with Gasteiger partial charge in [-0.15, -0.1) is 0 Å². The van der Waals surface area contributed by atoms with Crippen LogP contribution in [0.4, 0.5) is 0 Å². The van der Waals surface area contributed by atoms with E-state index >= 15 is 0 Å². The molecular weight excluding hydrogens is 232 g/mol. The van der Waals surface area contributed by atoms with Gasteiger partial charge in [0.1, 0.15) is 17.8 Å². The minimum atomic E-state index is 0.218. The Morgan fingerprint density at radius 2 is 2.22 bits per heavy atom. The SMILES string of the molecule is COc1ccc(CNCc2ncn(C)n2)c(O)c1. The minimum Gasteiger partial charge on any atom is -0.507 e. The third-order valence-electron chi connectivity index (χ3n) is 2.54. The van der Waals surface area contributed by atoms with Crippen molar-refractivity contribution in [2.24, 2.45) is 7.05 Å². The van der Waals surface area contributed by atoms with E-state index in [-0.39, 0.29) is 5.75 Å². The molecule has 0 spiro atoms. The maximum atomic E-state index is 9.77. The lowest BCUT2D eigenvalue weighted by molar-refractivity contribution is 0.406. The van der Waals surface area contributed by atoms with E-state index in [0.717, 1.165) is 11.4 Å². The van der Waals surface area contributed by atoms with Crippen LogP contribution in [-0.4, -0.2) is 27.0 Å². The number of aryl methyl sites for hydroxylation is 1. The second-order valence-electron chi connectivity index (χ2n) is 3.93.